The number of hydrogen-bond acceptors (Lipinski definition) is 2. The Bertz CT molecular complexity index is 790. The van der Waals surface area contributed by atoms with Crippen molar-refractivity contribution in [2.45, 2.75) is 12.5 Å². The monoisotopic (exact) mass is 331 g/mol. The van der Waals surface area contributed by atoms with Gasteiger partial charge in [-0.25, -0.2) is 13.6 Å². The molecule has 1 heterocycles. The van der Waals surface area contributed by atoms with Crippen LogP contribution >= 0.6 is 0 Å². The zero-order valence-electron chi connectivity index (χ0n) is 12.8. The van der Waals surface area contributed by atoms with E-state index in [0.717, 1.165) is 17.7 Å². The zero-order valence-corrected chi connectivity index (χ0v) is 12.8. The molecule has 0 fully saturated rings. The third-order valence-corrected chi connectivity index (χ3v) is 3.94. The molecule has 7 heteroatoms. The number of likely N-dealkylation sites (N-methyl/N-ethyl adjacent to an activating group) is 1. The van der Waals surface area contributed by atoms with Crippen LogP contribution in [0.5, 0.6) is 0 Å². The number of rotatable bonds is 2. The summed E-state index contributed by atoms with van der Waals surface area (Å²) in [5.41, 5.74) is 0.818. The third-order valence-electron chi connectivity index (χ3n) is 3.94. The summed E-state index contributed by atoms with van der Waals surface area (Å²) in [6, 6.07) is 8.79. The summed E-state index contributed by atoms with van der Waals surface area (Å²) in [5, 5.41) is 4.73. The molecule has 5 nitrogen and oxygen atoms in total. The zero-order chi connectivity index (χ0) is 17.3. The molecule has 1 aliphatic rings. The predicted octanol–water partition coefficient (Wildman–Crippen LogP) is 2.67. The molecule has 0 bridgehead atoms. The summed E-state index contributed by atoms with van der Waals surface area (Å²) >= 11 is 0. The highest BCUT2D eigenvalue weighted by atomic mass is 19.1. The Morgan fingerprint density at radius 3 is 2.42 bits per heavy atom. The molecule has 0 saturated heterocycles. The molecule has 124 valence electrons. The second-order valence-corrected chi connectivity index (χ2v) is 5.36. The molecule has 2 N–H and O–H groups in total. The number of halogens is 2. The Balaban J connectivity index is 1.95. The van der Waals surface area contributed by atoms with Gasteiger partial charge < -0.3 is 10.6 Å². The summed E-state index contributed by atoms with van der Waals surface area (Å²) in [7, 11) is 1.47. The van der Waals surface area contributed by atoms with E-state index in [1.807, 2.05) is 6.07 Å². The van der Waals surface area contributed by atoms with E-state index in [4.69, 9.17) is 0 Å². The van der Waals surface area contributed by atoms with Crippen LogP contribution in [0.4, 0.5) is 25.0 Å². The van der Waals surface area contributed by atoms with Crippen molar-refractivity contribution in [3.8, 4) is 0 Å². The topological polar surface area (TPSA) is 61.4 Å². The molecular formula is C17H15F2N3O2. The number of carbonyl (C=O) groups excluding carboxylic acids is 2. The minimum Gasteiger partial charge on any atom is -0.357 e. The lowest BCUT2D eigenvalue weighted by Gasteiger charge is -2.24. The largest absolute Gasteiger partial charge is 0.357 e. The number of urea groups is 1. The molecule has 0 unspecified atom stereocenters. The molecule has 2 aromatic carbocycles. The summed E-state index contributed by atoms with van der Waals surface area (Å²) in [6.45, 7) is 0. The summed E-state index contributed by atoms with van der Waals surface area (Å²) in [4.78, 5) is 25.9. The van der Waals surface area contributed by atoms with Crippen LogP contribution in [-0.2, 0) is 11.2 Å². The number of para-hydroxylation sites is 2. The Labute approximate surface area is 137 Å². The van der Waals surface area contributed by atoms with Gasteiger partial charge in [0.25, 0.3) is 0 Å². The minimum absolute atomic E-state index is 0.336. The number of anilines is 2. The van der Waals surface area contributed by atoms with E-state index in [2.05, 4.69) is 10.6 Å². The van der Waals surface area contributed by atoms with E-state index in [0.29, 0.717) is 12.1 Å². The van der Waals surface area contributed by atoms with E-state index in [9.17, 15) is 18.4 Å². The fraction of sp³-hybridized carbons (Fsp3) is 0.176. The third kappa shape index (κ3) is 2.68. The molecule has 3 rings (SSSR count). The Morgan fingerprint density at radius 1 is 1.08 bits per heavy atom. The van der Waals surface area contributed by atoms with Gasteiger partial charge >= 0.3 is 6.03 Å². The van der Waals surface area contributed by atoms with Crippen LogP contribution in [0.1, 0.15) is 5.56 Å². The number of benzene rings is 2. The maximum atomic E-state index is 13.8. The number of nitrogens with zero attached hydrogens (tertiary/aromatic N) is 1. The first-order valence-electron chi connectivity index (χ1n) is 7.36. The van der Waals surface area contributed by atoms with E-state index < -0.39 is 29.4 Å². The van der Waals surface area contributed by atoms with Crippen molar-refractivity contribution in [3.63, 3.8) is 0 Å². The summed E-state index contributed by atoms with van der Waals surface area (Å²) in [5.74, 6) is -2.12. The lowest BCUT2D eigenvalue weighted by molar-refractivity contribution is -0.121. The molecule has 0 radical (unpaired) electrons. The highest BCUT2D eigenvalue weighted by molar-refractivity contribution is 6.08. The highest BCUT2D eigenvalue weighted by Gasteiger charge is 2.38. The number of hydrogen-bond donors (Lipinski definition) is 2. The first-order valence-corrected chi connectivity index (χ1v) is 7.36. The van der Waals surface area contributed by atoms with Crippen LogP contribution in [0, 0.1) is 11.6 Å². The van der Waals surface area contributed by atoms with Crippen LogP contribution in [0.25, 0.3) is 0 Å². The summed E-state index contributed by atoms with van der Waals surface area (Å²) in [6.07, 6.45) is 0.336. The van der Waals surface area contributed by atoms with Gasteiger partial charge in [0.15, 0.2) is 0 Å². The van der Waals surface area contributed by atoms with Crippen molar-refractivity contribution in [2.75, 3.05) is 17.3 Å². The van der Waals surface area contributed by atoms with Gasteiger partial charge in [-0.15, -0.1) is 0 Å². The Hall–Kier alpha value is -2.96. The maximum Gasteiger partial charge on any atom is 0.327 e. The molecule has 0 spiro atoms. The lowest BCUT2D eigenvalue weighted by Crippen LogP contribution is -2.48. The van der Waals surface area contributed by atoms with Crippen LogP contribution in [-0.4, -0.2) is 25.0 Å². The number of amides is 3. The van der Waals surface area contributed by atoms with Crippen LogP contribution in [0.3, 0.4) is 0 Å². The van der Waals surface area contributed by atoms with Crippen molar-refractivity contribution >= 4 is 23.3 Å². The smallest absolute Gasteiger partial charge is 0.327 e. The summed E-state index contributed by atoms with van der Waals surface area (Å²) < 4.78 is 27.5. The Morgan fingerprint density at radius 2 is 1.75 bits per heavy atom. The van der Waals surface area contributed by atoms with Gasteiger partial charge in [-0.05, 0) is 23.8 Å². The fourth-order valence-electron chi connectivity index (χ4n) is 2.80. The molecule has 0 saturated carbocycles. The molecule has 24 heavy (non-hydrogen) atoms. The molecule has 0 aliphatic carbocycles. The van der Waals surface area contributed by atoms with E-state index in [1.54, 1.807) is 18.2 Å². The minimum atomic E-state index is -0.882. The van der Waals surface area contributed by atoms with Gasteiger partial charge in [-0.1, -0.05) is 24.3 Å². The predicted molar refractivity (Wildman–Crippen MR) is 85.9 cm³/mol. The molecule has 1 aliphatic heterocycles. The number of fused-ring (bicyclic) bond motifs is 1. The van der Waals surface area contributed by atoms with Crippen LogP contribution in [0.15, 0.2) is 42.5 Å². The average molecular weight is 331 g/mol. The number of carbonyl (C=O) groups is 2. The van der Waals surface area contributed by atoms with Crippen LogP contribution in [0.2, 0.25) is 0 Å². The van der Waals surface area contributed by atoms with Crippen molar-refractivity contribution in [2.24, 2.45) is 0 Å². The SMILES string of the molecule is CNC(=O)[C@H]1Cc2ccccc2N1C(=O)Nc1c(F)cccc1F. The van der Waals surface area contributed by atoms with E-state index in [-0.39, 0.29) is 5.91 Å². The van der Waals surface area contributed by atoms with Gasteiger partial charge in [0.2, 0.25) is 5.91 Å². The normalized spacial score (nSPS) is 15.8. The second kappa shape index (κ2) is 6.27. The first kappa shape index (κ1) is 15.9. The average Bonchev–Trinajstić information content (AvgIpc) is 2.97. The molecular weight excluding hydrogens is 316 g/mol. The fourth-order valence-corrected chi connectivity index (χ4v) is 2.80. The highest BCUT2D eigenvalue weighted by Crippen LogP contribution is 2.33. The quantitative estimate of drug-likeness (QED) is 0.889. The van der Waals surface area contributed by atoms with Gasteiger partial charge in [0.1, 0.15) is 23.4 Å². The van der Waals surface area contributed by atoms with Crippen molar-refractivity contribution < 1.29 is 18.4 Å². The molecule has 0 aromatic heterocycles. The van der Waals surface area contributed by atoms with E-state index in [1.165, 1.54) is 18.0 Å². The van der Waals surface area contributed by atoms with Gasteiger partial charge in [-0.2, -0.15) is 0 Å². The standard InChI is InChI=1S/C17H15F2N3O2/c1-20-16(23)14-9-10-5-2-3-8-13(10)22(14)17(24)21-15-11(18)6-4-7-12(15)19/h2-8,14H,9H2,1H3,(H,20,23)(H,21,24)/t14-/m1/s1. The molecule has 1 atom stereocenters. The lowest BCUT2D eigenvalue weighted by atomic mass is 10.1. The maximum absolute atomic E-state index is 13.8. The Kier molecular flexibility index (Phi) is 4.16. The first-order chi connectivity index (χ1) is 11.5. The van der Waals surface area contributed by atoms with Crippen molar-refractivity contribution in [3.05, 3.63) is 59.7 Å². The second-order valence-electron chi connectivity index (χ2n) is 5.36. The number of nitrogens with one attached hydrogen (secondary N) is 2. The van der Waals surface area contributed by atoms with Crippen molar-refractivity contribution in [1.29, 1.82) is 0 Å². The van der Waals surface area contributed by atoms with Crippen molar-refractivity contribution in [1.82, 2.24) is 5.32 Å². The molecule has 2 aromatic rings. The van der Waals surface area contributed by atoms with Crippen LogP contribution < -0.4 is 15.5 Å². The van der Waals surface area contributed by atoms with Gasteiger partial charge in [-0.3, -0.25) is 9.69 Å². The van der Waals surface area contributed by atoms with Gasteiger partial charge in [0.05, 0.1) is 0 Å². The van der Waals surface area contributed by atoms with E-state index >= 15 is 0 Å². The molecule has 3 amide bonds. The van der Waals surface area contributed by atoms with Gasteiger partial charge in [0, 0.05) is 19.2 Å².